The molecule has 1 aromatic heterocycles. The number of furan rings is 1. The molecule has 19 heavy (non-hydrogen) atoms. The number of hydrogen-bond donors (Lipinski definition) is 1. The quantitative estimate of drug-likeness (QED) is 0.885. The summed E-state index contributed by atoms with van der Waals surface area (Å²) in [5.41, 5.74) is 2.21. The number of hydrogen-bond acceptors (Lipinski definition) is 3. The van der Waals surface area contributed by atoms with E-state index in [0.29, 0.717) is 6.54 Å². The van der Waals surface area contributed by atoms with E-state index in [2.05, 4.69) is 31.3 Å². The van der Waals surface area contributed by atoms with E-state index in [1.165, 1.54) is 10.9 Å². The maximum Gasteiger partial charge on any atom is 0.134 e. The second-order valence-corrected chi connectivity index (χ2v) is 4.95. The number of rotatable bonds is 5. The SMILES string of the molecule is CCc1c(C(C)NCC(C)C#N)oc2ccccc12. The van der Waals surface area contributed by atoms with Crippen LogP contribution < -0.4 is 5.32 Å². The highest BCUT2D eigenvalue weighted by Crippen LogP contribution is 2.30. The van der Waals surface area contributed by atoms with Crippen molar-refractivity contribution in [1.29, 1.82) is 5.26 Å². The Morgan fingerprint density at radius 2 is 2.05 bits per heavy atom. The molecule has 3 heteroatoms. The van der Waals surface area contributed by atoms with Crippen LogP contribution in [0.2, 0.25) is 0 Å². The van der Waals surface area contributed by atoms with Crippen LogP contribution in [0.3, 0.4) is 0 Å². The van der Waals surface area contributed by atoms with Crippen LogP contribution >= 0.6 is 0 Å². The minimum Gasteiger partial charge on any atom is -0.459 e. The molecule has 0 aliphatic carbocycles. The molecule has 1 aromatic carbocycles. The summed E-state index contributed by atoms with van der Waals surface area (Å²) in [6, 6.07) is 10.5. The van der Waals surface area contributed by atoms with E-state index in [9.17, 15) is 0 Å². The van der Waals surface area contributed by atoms with Gasteiger partial charge in [-0.25, -0.2) is 0 Å². The van der Waals surface area contributed by atoms with Crippen molar-refractivity contribution in [1.82, 2.24) is 5.32 Å². The summed E-state index contributed by atoms with van der Waals surface area (Å²) >= 11 is 0. The molecule has 0 bridgehead atoms. The second-order valence-electron chi connectivity index (χ2n) is 4.95. The van der Waals surface area contributed by atoms with Gasteiger partial charge in [0.25, 0.3) is 0 Å². The van der Waals surface area contributed by atoms with Gasteiger partial charge in [-0.3, -0.25) is 0 Å². The molecule has 0 amide bonds. The molecular formula is C16H20N2O. The number of nitriles is 1. The van der Waals surface area contributed by atoms with Crippen molar-refractivity contribution in [3.05, 3.63) is 35.6 Å². The molecule has 2 unspecified atom stereocenters. The van der Waals surface area contributed by atoms with E-state index in [4.69, 9.17) is 9.68 Å². The van der Waals surface area contributed by atoms with E-state index in [1.54, 1.807) is 0 Å². The zero-order valence-electron chi connectivity index (χ0n) is 11.7. The smallest absolute Gasteiger partial charge is 0.134 e. The van der Waals surface area contributed by atoms with Crippen molar-refractivity contribution >= 4 is 11.0 Å². The molecule has 0 saturated carbocycles. The molecule has 100 valence electrons. The zero-order chi connectivity index (χ0) is 13.8. The number of para-hydroxylation sites is 1. The lowest BCUT2D eigenvalue weighted by Gasteiger charge is -2.13. The molecule has 0 radical (unpaired) electrons. The predicted octanol–water partition coefficient (Wildman–Crippen LogP) is 3.81. The molecule has 0 saturated heterocycles. The summed E-state index contributed by atoms with van der Waals surface area (Å²) in [4.78, 5) is 0. The van der Waals surface area contributed by atoms with Crippen molar-refractivity contribution in [2.24, 2.45) is 5.92 Å². The molecule has 2 rings (SSSR count). The van der Waals surface area contributed by atoms with Gasteiger partial charge in [0.05, 0.1) is 18.0 Å². The van der Waals surface area contributed by atoms with Gasteiger partial charge in [0.2, 0.25) is 0 Å². The van der Waals surface area contributed by atoms with Crippen molar-refractivity contribution in [2.75, 3.05) is 6.54 Å². The Labute approximate surface area is 114 Å². The molecule has 0 aliphatic rings. The number of benzene rings is 1. The summed E-state index contributed by atoms with van der Waals surface area (Å²) in [5.74, 6) is 1.01. The first-order valence-corrected chi connectivity index (χ1v) is 6.80. The van der Waals surface area contributed by atoms with Gasteiger partial charge < -0.3 is 9.73 Å². The first-order chi connectivity index (χ1) is 9.17. The largest absolute Gasteiger partial charge is 0.459 e. The Kier molecular flexibility index (Phi) is 4.24. The first-order valence-electron chi connectivity index (χ1n) is 6.80. The van der Waals surface area contributed by atoms with Crippen LogP contribution in [0.25, 0.3) is 11.0 Å². The third-order valence-corrected chi connectivity index (χ3v) is 3.43. The van der Waals surface area contributed by atoms with E-state index < -0.39 is 0 Å². The minimum atomic E-state index is 0.0110. The summed E-state index contributed by atoms with van der Waals surface area (Å²) in [6.07, 6.45) is 0.951. The Morgan fingerprint density at radius 1 is 1.32 bits per heavy atom. The predicted molar refractivity (Wildman–Crippen MR) is 76.8 cm³/mol. The van der Waals surface area contributed by atoms with Gasteiger partial charge in [-0.2, -0.15) is 5.26 Å². The van der Waals surface area contributed by atoms with Gasteiger partial charge in [0.1, 0.15) is 11.3 Å². The van der Waals surface area contributed by atoms with Crippen LogP contribution in [0.5, 0.6) is 0 Å². The fourth-order valence-corrected chi connectivity index (χ4v) is 2.32. The van der Waals surface area contributed by atoms with Gasteiger partial charge in [-0.15, -0.1) is 0 Å². The Hall–Kier alpha value is -1.79. The lowest BCUT2D eigenvalue weighted by atomic mass is 10.0. The van der Waals surface area contributed by atoms with Crippen molar-refractivity contribution in [2.45, 2.75) is 33.2 Å². The maximum atomic E-state index is 8.82. The second kappa shape index (κ2) is 5.90. The summed E-state index contributed by atoms with van der Waals surface area (Å²) < 4.78 is 5.97. The third-order valence-electron chi connectivity index (χ3n) is 3.43. The maximum absolute atomic E-state index is 8.82. The molecule has 2 atom stereocenters. The van der Waals surface area contributed by atoms with Crippen LogP contribution in [-0.2, 0) is 6.42 Å². The van der Waals surface area contributed by atoms with Crippen molar-refractivity contribution in [3.8, 4) is 6.07 Å². The Morgan fingerprint density at radius 3 is 2.74 bits per heavy atom. The minimum absolute atomic E-state index is 0.0110. The molecule has 0 aliphatic heterocycles. The van der Waals surface area contributed by atoms with Crippen molar-refractivity contribution in [3.63, 3.8) is 0 Å². The lowest BCUT2D eigenvalue weighted by Crippen LogP contribution is -2.24. The average molecular weight is 256 g/mol. The average Bonchev–Trinajstić information content (AvgIpc) is 2.82. The normalized spacial score (nSPS) is 14.2. The van der Waals surface area contributed by atoms with Crippen LogP contribution in [0.15, 0.2) is 28.7 Å². The monoisotopic (exact) mass is 256 g/mol. The number of aryl methyl sites for hydroxylation is 1. The highest BCUT2D eigenvalue weighted by molar-refractivity contribution is 5.82. The fourth-order valence-electron chi connectivity index (χ4n) is 2.32. The molecule has 0 spiro atoms. The van der Waals surface area contributed by atoms with Gasteiger partial charge in [0, 0.05) is 17.5 Å². The van der Waals surface area contributed by atoms with Gasteiger partial charge in [0.15, 0.2) is 0 Å². The van der Waals surface area contributed by atoms with Gasteiger partial charge in [-0.1, -0.05) is 25.1 Å². The Bertz CT molecular complexity index is 594. The molecular weight excluding hydrogens is 236 g/mol. The van der Waals surface area contributed by atoms with Gasteiger partial charge >= 0.3 is 0 Å². The standard InChI is InChI=1S/C16H20N2O/c1-4-13-14-7-5-6-8-15(14)19-16(13)12(3)18-10-11(2)9-17/h5-8,11-12,18H,4,10H2,1-3H3. The zero-order valence-corrected chi connectivity index (χ0v) is 11.7. The van der Waals surface area contributed by atoms with Crippen molar-refractivity contribution < 1.29 is 4.42 Å². The van der Waals surface area contributed by atoms with E-state index in [0.717, 1.165) is 17.8 Å². The van der Waals surface area contributed by atoms with Crippen LogP contribution in [0.4, 0.5) is 0 Å². The number of nitrogens with zero attached hydrogens (tertiary/aromatic N) is 1. The molecule has 1 heterocycles. The highest BCUT2D eigenvalue weighted by Gasteiger charge is 2.18. The first kappa shape index (κ1) is 13.6. The summed E-state index contributed by atoms with van der Waals surface area (Å²) in [7, 11) is 0. The summed E-state index contributed by atoms with van der Waals surface area (Å²) in [5, 5.41) is 13.4. The third kappa shape index (κ3) is 2.80. The van der Waals surface area contributed by atoms with E-state index in [1.807, 2.05) is 25.1 Å². The highest BCUT2D eigenvalue weighted by atomic mass is 16.3. The summed E-state index contributed by atoms with van der Waals surface area (Å²) in [6.45, 7) is 6.82. The van der Waals surface area contributed by atoms with E-state index in [-0.39, 0.29) is 12.0 Å². The van der Waals surface area contributed by atoms with Crippen LogP contribution in [0, 0.1) is 17.2 Å². The van der Waals surface area contributed by atoms with Crippen LogP contribution in [-0.4, -0.2) is 6.54 Å². The molecule has 1 N–H and O–H groups in total. The topological polar surface area (TPSA) is 49.0 Å². The Balaban J connectivity index is 2.26. The van der Waals surface area contributed by atoms with Gasteiger partial charge in [-0.05, 0) is 26.3 Å². The molecule has 3 nitrogen and oxygen atoms in total. The number of nitrogens with one attached hydrogen (secondary N) is 1. The van der Waals surface area contributed by atoms with Crippen LogP contribution in [0.1, 0.15) is 38.1 Å². The fraction of sp³-hybridized carbons (Fsp3) is 0.438. The van der Waals surface area contributed by atoms with E-state index >= 15 is 0 Å². The molecule has 2 aromatic rings. The number of fused-ring (bicyclic) bond motifs is 1. The molecule has 0 fully saturated rings. The lowest BCUT2D eigenvalue weighted by molar-refractivity contribution is 0.434.